The van der Waals surface area contributed by atoms with Crippen molar-refractivity contribution in [3.8, 4) is 0 Å². The van der Waals surface area contributed by atoms with Gasteiger partial charge in [0.25, 0.3) is 5.56 Å². The first kappa shape index (κ1) is 17.2. The number of imidazole rings is 1. The zero-order chi connectivity index (χ0) is 17.8. The molecule has 0 fully saturated rings. The minimum Gasteiger partial charge on any atom is -0.336 e. The summed E-state index contributed by atoms with van der Waals surface area (Å²) in [5.74, 6) is 0.745. The zero-order valence-electron chi connectivity index (χ0n) is 14.8. The number of nitrogens with one attached hydrogen (secondary N) is 1. The lowest BCUT2D eigenvalue weighted by Crippen LogP contribution is -2.40. The van der Waals surface area contributed by atoms with Crippen molar-refractivity contribution in [1.82, 2.24) is 19.1 Å². The molecule has 0 aliphatic carbocycles. The van der Waals surface area contributed by atoms with Gasteiger partial charge in [-0.25, -0.2) is 9.78 Å². The third kappa shape index (κ3) is 3.43. The largest absolute Gasteiger partial charge is 0.336 e. The highest BCUT2D eigenvalue weighted by Crippen LogP contribution is 2.10. The summed E-state index contributed by atoms with van der Waals surface area (Å²) < 4.78 is 2.94. The Bertz CT molecular complexity index is 967. The van der Waals surface area contributed by atoms with Crippen molar-refractivity contribution in [3.05, 3.63) is 62.6 Å². The second kappa shape index (κ2) is 7.51. The fraction of sp³-hybridized carbons (Fsp3) is 0.421. The Morgan fingerprint density at radius 3 is 2.32 bits per heavy atom. The van der Waals surface area contributed by atoms with Crippen LogP contribution in [0.4, 0.5) is 0 Å². The molecule has 1 N–H and O–H groups in total. The molecule has 6 heteroatoms. The van der Waals surface area contributed by atoms with Crippen LogP contribution in [0.15, 0.2) is 39.9 Å². The molecule has 0 amide bonds. The molecule has 6 nitrogen and oxygen atoms in total. The highest BCUT2D eigenvalue weighted by Gasteiger charge is 2.16. The van der Waals surface area contributed by atoms with E-state index in [0.717, 1.165) is 25.1 Å². The highest BCUT2D eigenvalue weighted by atomic mass is 16.2. The van der Waals surface area contributed by atoms with Crippen molar-refractivity contribution in [3.63, 3.8) is 0 Å². The van der Waals surface area contributed by atoms with Crippen molar-refractivity contribution in [2.24, 2.45) is 0 Å². The van der Waals surface area contributed by atoms with Gasteiger partial charge in [0, 0.05) is 19.5 Å². The molecule has 2 aromatic heterocycles. The molecule has 3 aromatic rings. The summed E-state index contributed by atoms with van der Waals surface area (Å²) in [5, 5.41) is 0. The topological polar surface area (TPSA) is 72.7 Å². The average molecular weight is 340 g/mol. The Hall–Kier alpha value is -2.63. The molecule has 0 saturated carbocycles. The number of aromatic amines is 1. The van der Waals surface area contributed by atoms with Crippen LogP contribution in [-0.4, -0.2) is 19.1 Å². The minimum absolute atomic E-state index is 0.262. The molecule has 25 heavy (non-hydrogen) atoms. The molecule has 0 unspecified atom stereocenters. The van der Waals surface area contributed by atoms with Crippen molar-refractivity contribution in [1.29, 1.82) is 0 Å². The average Bonchev–Trinajstić information content (AvgIpc) is 3.06. The molecular formula is C19H24N4O2. The maximum absolute atomic E-state index is 12.7. The fourth-order valence-corrected chi connectivity index (χ4v) is 3.09. The van der Waals surface area contributed by atoms with Gasteiger partial charge in [0.05, 0.1) is 0 Å². The Balaban J connectivity index is 2.03. The van der Waals surface area contributed by atoms with E-state index in [-0.39, 0.29) is 11.2 Å². The third-order valence-electron chi connectivity index (χ3n) is 4.30. The maximum Gasteiger partial charge on any atom is 0.332 e. The normalized spacial score (nSPS) is 11.3. The summed E-state index contributed by atoms with van der Waals surface area (Å²) in [5.41, 5.74) is 1.60. The maximum atomic E-state index is 12.7. The van der Waals surface area contributed by atoms with E-state index in [4.69, 9.17) is 0 Å². The summed E-state index contributed by atoms with van der Waals surface area (Å²) in [6, 6.07) is 10.2. The first-order valence-corrected chi connectivity index (χ1v) is 8.91. The lowest BCUT2D eigenvalue weighted by molar-refractivity contribution is 0.555. The van der Waals surface area contributed by atoms with E-state index < -0.39 is 0 Å². The van der Waals surface area contributed by atoms with Gasteiger partial charge in [-0.15, -0.1) is 0 Å². The third-order valence-corrected chi connectivity index (χ3v) is 4.30. The van der Waals surface area contributed by atoms with E-state index in [1.165, 1.54) is 10.1 Å². The molecule has 0 atom stereocenters. The minimum atomic E-state index is -0.271. The van der Waals surface area contributed by atoms with Gasteiger partial charge >= 0.3 is 5.69 Å². The van der Waals surface area contributed by atoms with E-state index in [0.29, 0.717) is 30.7 Å². The smallest absolute Gasteiger partial charge is 0.332 e. The number of hydrogen-bond acceptors (Lipinski definition) is 3. The van der Waals surface area contributed by atoms with E-state index in [9.17, 15) is 9.59 Å². The number of aryl methyl sites for hydroxylation is 3. The van der Waals surface area contributed by atoms with Gasteiger partial charge in [0.2, 0.25) is 0 Å². The van der Waals surface area contributed by atoms with Gasteiger partial charge in [0.1, 0.15) is 11.3 Å². The van der Waals surface area contributed by atoms with E-state index in [1.807, 2.05) is 32.0 Å². The van der Waals surface area contributed by atoms with E-state index in [2.05, 4.69) is 22.1 Å². The van der Waals surface area contributed by atoms with Crippen molar-refractivity contribution in [2.45, 2.75) is 52.6 Å². The number of fused-ring (bicyclic) bond motifs is 1. The first-order chi connectivity index (χ1) is 12.2. The van der Waals surface area contributed by atoms with Gasteiger partial charge in [-0.3, -0.25) is 13.9 Å². The standard InChI is InChI=1S/C19H24N4O2/c1-3-12-22-17-16(18(24)23(13-4-2)19(22)25)20-15(21-17)11-10-14-8-6-5-7-9-14/h5-9H,3-4,10-13H2,1-2H3,(H,20,21). The molecule has 0 radical (unpaired) electrons. The lowest BCUT2D eigenvalue weighted by Gasteiger charge is -2.09. The fourth-order valence-electron chi connectivity index (χ4n) is 3.09. The number of H-pyrrole nitrogens is 1. The Kier molecular flexibility index (Phi) is 5.16. The second-order valence-electron chi connectivity index (χ2n) is 6.26. The van der Waals surface area contributed by atoms with Crippen LogP contribution in [0.2, 0.25) is 0 Å². The molecule has 2 heterocycles. The molecule has 0 bridgehead atoms. The zero-order valence-corrected chi connectivity index (χ0v) is 14.8. The lowest BCUT2D eigenvalue weighted by atomic mass is 10.1. The molecule has 0 spiro atoms. The van der Waals surface area contributed by atoms with Crippen LogP contribution in [0.25, 0.3) is 11.2 Å². The summed E-state index contributed by atoms with van der Waals surface area (Å²) in [6.45, 7) is 4.95. The quantitative estimate of drug-likeness (QED) is 0.718. The van der Waals surface area contributed by atoms with E-state index >= 15 is 0 Å². The van der Waals surface area contributed by atoms with Gasteiger partial charge in [-0.2, -0.15) is 0 Å². The predicted octanol–water partition coefficient (Wildman–Crippen LogP) is 2.49. The SMILES string of the molecule is CCCn1c(=O)c2[nH]c(CCc3ccccc3)nc2n(CCC)c1=O. The number of nitrogens with zero attached hydrogens (tertiary/aromatic N) is 3. The van der Waals surface area contributed by atoms with Gasteiger partial charge in [-0.1, -0.05) is 44.2 Å². The summed E-state index contributed by atoms with van der Waals surface area (Å²) in [7, 11) is 0. The monoisotopic (exact) mass is 340 g/mol. The number of rotatable bonds is 7. The van der Waals surface area contributed by atoms with Crippen molar-refractivity contribution in [2.75, 3.05) is 0 Å². The van der Waals surface area contributed by atoms with Gasteiger partial charge in [-0.05, 0) is 24.8 Å². The second-order valence-corrected chi connectivity index (χ2v) is 6.26. The van der Waals surface area contributed by atoms with Gasteiger partial charge < -0.3 is 4.98 Å². The number of aromatic nitrogens is 4. The van der Waals surface area contributed by atoms with Crippen LogP contribution in [-0.2, 0) is 25.9 Å². The summed E-state index contributed by atoms with van der Waals surface area (Å²) in [4.78, 5) is 33.0. The van der Waals surface area contributed by atoms with Crippen molar-refractivity contribution < 1.29 is 0 Å². The van der Waals surface area contributed by atoms with Crippen molar-refractivity contribution >= 4 is 11.2 Å². The number of benzene rings is 1. The van der Waals surface area contributed by atoms with Crippen LogP contribution in [0.3, 0.4) is 0 Å². The van der Waals surface area contributed by atoms with Gasteiger partial charge in [0.15, 0.2) is 5.65 Å². The summed E-state index contributed by atoms with van der Waals surface area (Å²) >= 11 is 0. The molecule has 3 rings (SSSR count). The molecule has 0 saturated heterocycles. The summed E-state index contributed by atoms with van der Waals surface area (Å²) in [6.07, 6.45) is 3.08. The molecule has 132 valence electrons. The molecule has 0 aliphatic rings. The van der Waals surface area contributed by atoms with Crippen LogP contribution in [0.5, 0.6) is 0 Å². The highest BCUT2D eigenvalue weighted by molar-refractivity contribution is 5.69. The predicted molar refractivity (Wildman–Crippen MR) is 99.0 cm³/mol. The Labute approximate surface area is 146 Å². The Morgan fingerprint density at radius 1 is 0.960 bits per heavy atom. The molecule has 1 aromatic carbocycles. The van der Waals surface area contributed by atoms with Crippen LogP contribution < -0.4 is 11.2 Å². The van der Waals surface area contributed by atoms with Crippen LogP contribution in [0.1, 0.15) is 38.1 Å². The molecule has 0 aliphatic heterocycles. The van der Waals surface area contributed by atoms with E-state index in [1.54, 1.807) is 4.57 Å². The Morgan fingerprint density at radius 2 is 1.64 bits per heavy atom. The van der Waals surface area contributed by atoms with Crippen LogP contribution in [0, 0.1) is 0 Å². The number of hydrogen-bond donors (Lipinski definition) is 1. The van der Waals surface area contributed by atoms with Crippen LogP contribution >= 0.6 is 0 Å². The first-order valence-electron chi connectivity index (χ1n) is 8.91. The molecular weight excluding hydrogens is 316 g/mol.